The van der Waals surface area contributed by atoms with Crippen molar-refractivity contribution in [1.82, 2.24) is 0 Å². The van der Waals surface area contributed by atoms with Crippen LogP contribution >= 0.6 is 0 Å². The Morgan fingerprint density at radius 1 is 1.33 bits per heavy atom. The van der Waals surface area contributed by atoms with E-state index in [2.05, 4.69) is 0 Å². The molecule has 0 heterocycles. The second-order valence-corrected chi connectivity index (χ2v) is 2.85. The molecular weight excluding hydrogens is 177 g/mol. The van der Waals surface area contributed by atoms with Gasteiger partial charge >= 0.3 is 32.5 Å². The van der Waals surface area contributed by atoms with Gasteiger partial charge in [-0.1, -0.05) is 0 Å². The standard InChI is InChI=1S/HNO3.4H2N.Ni/c2-1(3)4;;;;;/h(H,2,3,4);4*1H2;/q;4*-1;+4. The maximum atomic E-state index is 8.36. The summed E-state index contributed by atoms with van der Waals surface area (Å²) < 4.78 is 0. The van der Waals surface area contributed by atoms with Crippen LogP contribution in [0.4, 0.5) is 0 Å². The first-order valence-electron chi connectivity index (χ1n) is 1.30. The van der Waals surface area contributed by atoms with Gasteiger partial charge in [0.1, 0.15) is 0 Å². The Hall–Kier alpha value is -0.466. The number of nitrogens with zero attached hydrogens (tertiary/aromatic N) is 1. The van der Waals surface area contributed by atoms with Gasteiger partial charge in [0.15, 0.2) is 0 Å². The molecule has 0 saturated heterocycles. The number of nitrogens with two attached hydrogens (primary N) is 4. The van der Waals surface area contributed by atoms with Crippen LogP contribution in [0.2, 0.25) is 0 Å². The topological polar surface area (TPSA) is 167 Å². The molecule has 8 nitrogen and oxygen atoms in total. The minimum atomic E-state index is -2.25. The first-order valence-corrected chi connectivity index (χ1v) is 3.58. The predicted octanol–water partition coefficient (Wildman–Crippen LogP) is -2.71. The van der Waals surface area contributed by atoms with Crippen LogP contribution in [-0.4, -0.2) is 10.3 Å². The van der Waals surface area contributed by atoms with Crippen molar-refractivity contribution in [3.63, 3.8) is 0 Å². The maximum absolute atomic E-state index is 8.36. The fourth-order valence-corrected chi connectivity index (χ4v) is 0. The van der Waals surface area contributed by atoms with Gasteiger partial charge in [0.2, 0.25) is 0 Å². The van der Waals surface area contributed by atoms with Crippen molar-refractivity contribution in [3.05, 3.63) is 10.1 Å². The monoisotopic (exact) mass is 185 g/mol. The van der Waals surface area contributed by atoms with Gasteiger partial charge in [-0.15, -0.1) is 10.1 Å². The van der Waals surface area contributed by atoms with Gasteiger partial charge in [0.25, 0.3) is 5.09 Å². The summed E-state index contributed by atoms with van der Waals surface area (Å²) in [7, 11) is 0. The Morgan fingerprint density at radius 3 is 1.33 bits per heavy atom. The third kappa shape index (κ3) is 1060. The molecule has 9 heteroatoms. The van der Waals surface area contributed by atoms with Gasteiger partial charge < -0.3 is 5.21 Å². The molecule has 0 atom stereocenters. The van der Waals surface area contributed by atoms with Crippen LogP contribution in [0.1, 0.15) is 0 Å². The summed E-state index contributed by atoms with van der Waals surface area (Å²) in [5.41, 5.74) is 0. The van der Waals surface area contributed by atoms with E-state index >= 15 is 0 Å². The molecule has 0 radical (unpaired) electrons. The van der Waals surface area contributed by atoms with Crippen molar-refractivity contribution in [2.45, 2.75) is 0 Å². The second-order valence-electron chi connectivity index (χ2n) is 0.870. The molecule has 0 aliphatic carbocycles. The number of hydrogen-bond acceptors (Lipinski definition) is 6. The molecule has 0 spiro atoms. The van der Waals surface area contributed by atoms with E-state index in [4.69, 9.17) is 34.6 Å². The molecule has 0 aliphatic heterocycles. The van der Waals surface area contributed by atoms with Gasteiger partial charge in [0, 0.05) is 0 Å². The molecule has 9 heavy (non-hydrogen) atoms. The summed E-state index contributed by atoms with van der Waals surface area (Å²) in [4.78, 5) is 27.5. The molecule has 0 aromatic heterocycles. The molecule has 0 unspecified atom stereocenters. The molecule has 0 bridgehead atoms. The third-order valence-electron chi connectivity index (χ3n) is 0. The number of rotatable bonds is 0. The van der Waals surface area contributed by atoms with Gasteiger partial charge in [-0.3, -0.25) is 0 Å². The quantitative estimate of drug-likeness (QED) is 0.155. The summed E-state index contributed by atoms with van der Waals surface area (Å²) >= 11 is -2.25. The van der Waals surface area contributed by atoms with Gasteiger partial charge in [-0.05, 0) is 0 Å². The summed E-state index contributed by atoms with van der Waals surface area (Å²) in [5.74, 6) is 0. The normalized spacial score (nSPS) is 11.1. The van der Waals surface area contributed by atoms with E-state index in [1.54, 1.807) is 0 Å². The average Bonchev–Trinajstić information content (AvgIpc) is 1.19. The van der Waals surface area contributed by atoms with E-state index < -0.39 is 18.3 Å². The van der Waals surface area contributed by atoms with Crippen molar-refractivity contribution in [3.8, 4) is 0 Å². The summed E-state index contributed by atoms with van der Waals surface area (Å²) in [6.45, 7) is 0. The van der Waals surface area contributed by atoms with Crippen LogP contribution in [-0.2, 0) is 13.2 Å². The Kier molecular flexibility index (Phi) is 5.57. The second kappa shape index (κ2) is 4.42. The molecule has 62 valence electrons. The zero-order chi connectivity index (χ0) is 8.08. The van der Waals surface area contributed by atoms with Crippen LogP contribution in [0.5, 0.6) is 0 Å². The summed E-state index contributed by atoms with van der Waals surface area (Å²) in [5, 5.41) is 13.6. The molecule has 0 saturated carbocycles. The van der Waals surface area contributed by atoms with Crippen molar-refractivity contribution in [2.75, 3.05) is 0 Å². The van der Waals surface area contributed by atoms with Crippen molar-refractivity contribution in [1.29, 1.82) is 0 Å². The van der Waals surface area contributed by atoms with E-state index in [-0.39, 0.29) is 0 Å². The van der Waals surface area contributed by atoms with Crippen molar-refractivity contribution in [2.24, 2.45) is 19.3 Å². The zero-order valence-corrected chi connectivity index (χ0v) is 5.32. The molecule has 0 aromatic carbocycles. The molecular formula is H9N5NiO3. The van der Waals surface area contributed by atoms with E-state index in [9.17, 15) is 0 Å². The summed E-state index contributed by atoms with van der Waals surface area (Å²) in [6.07, 6.45) is 0. The zero-order valence-electron chi connectivity index (χ0n) is 4.34. The number of hydrogen-bond donors (Lipinski definition) is 5. The first-order chi connectivity index (χ1) is 3.73. The van der Waals surface area contributed by atoms with Crippen molar-refractivity contribution < 1.29 is 23.5 Å². The predicted molar refractivity (Wildman–Crippen MR) is 25.5 cm³/mol. The van der Waals surface area contributed by atoms with Crippen LogP contribution in [0.25, 0.3) is 0 Å². The SMILES string of the molecule is O=[N+]([O-])O.[NH2][Ni]([NH2])([NH2])[NH2]. The molecule has 0 fully saturated rings. The first kappa shape index (κ1) is 11.3. The minimum absolute atomic E-state index is 1.50. The van der Waals surface area contributed by atoms with Crippen LogP contribution in [0.15, 0.2) is 0 Å². The molecule has 0 aromatic rings. The Balaban J connectivity index is 0. The van der Waals surface area contributed by atoms with E-state index in [0.717, 1.165) is 0 Å². The summed E-state index contributed by atoms with van der Waals surface area (Å²) in [6, 6.07) is 0. The van der Waals surface area contributed by atoms with Gasteiger partial charge in [-0.2, -0.15) is 0 Å². The van der Waals surface area contributed by atoms with Crippen LogP contribution in [0, 0.1) is 10.1 Å². The Labute approximate surface area is 53.8 Å². The molecule has 0 rings (SSSR count). The third-order valence-corrected chi connectivity index (χ3v) is 0. The fourth-order valence-electron chi connectivity index (χ4n) is 0. The van der Waals surface area contributed by atoms with E-state index in [1.807, 2.05) is 0 Å². The van der Waals surface area contributed by atoms with Crippen LogP contribution < -0.4 is 19.3 Å². The Morgan fingerprint density at radius 2 is 1.33 bits per heavy atom. The average molecular weight is 186 g/mol. The van der Waals surface area contributed by atoms with Gasteiger partial charge in [0.05, 0.1) is 0 Å². The van der Waals surface area contributed by atoms with E-state index in [0.29, 0.717) is 0 Å². The molecule has 0 aliphatic rings. The van der Waals surface area contributed by atoms with Crippen LogP contribution in [0.3, 0.4) is 0 Å². The van der Waals surface area contributed by atoms with Crippen molar-refractivity contribution >= 4 is 0 Å². The van der Waals surface area contributed by atoms with Gasteiger partial charge in [-0.25, -0.2) is 0 Å². The molecule has 9 N–H and O–H groups in total. The molecule has 0 amide bonds. The fraction of sp³-hybridized carbons (Fsp3) is 0. The van der Waals surface area contributed by atoms with E-state index in [1.165, 1.54) is 0 Å². The Bertz CT molecular complexity index is 74.7.